The van der Waals surface area contributed by atoms with Gasteiger partial charge >= 0.3 is 6.18 Å². The lowest BCUT2D eigenvalue weighted by atomic mass is 9.93. The minimum absolute atomic E-state index is 0.215. The Kier molecular flexibility index (Phi) is 3.65. The molecule has 0 amide bonds. The van der Waals surface area contributed by atoms with Gasteiger partial charge < -0.3 is 8.94 Å². The number of alkyl halides is 3. The van der Waals surface area contributed by atoms with Gasteiger partial charge in [0.1, 0.15) is 11.3 Å². The molecule has 4 aromatic rings. The first kappa shape index (κ1) is 16.8. The first-order valence-corrected chi connectivity index (χ1v) is 8.64. The number of hydrogen-bond donors (Lipinski definition) is 0. The summed E-state index contributed by atoms with van der Waals surface area (Å²) in [7, 11) is 0. The molecule has 0 aliphatic heterocycles. The monoisotopic (exact) mass is 381 g/mol. The highest BCUT2D eigenvalue weighted by atomic mass is 19.4. The molecule has 7 heteroatoms. The van der Waals surface area contributed by atoms with Crippen LogP contribution < -0.4 is 0 Å². The van der Waals surface area contributed by atoms with Crippen LogP contribution in [-0.2, 0) is 19.0 Å². The summed E-state index contributed by atoms with van der Waals surface area (Å²) in [6.07, 6.45) is -3.38. The molecule has 0 unspecified atom stereocenters. The number of oxazole rings is 1. The van der Waals surface area contributed by atoms with Gasteiger partial charge in [-0.15, -0.1) is 0 Å². The van der Waals surface area contributed by atoms with Gasteiger partial charge in [-0.3, -0.25) is 0 Å². The normalized spacial score (nSPS) is 13.2. The van der Waals surface area contributed by atoms with Crippen LogP contribution >= 0.6 is 0 Å². The lowest BCUT2D eigenvalue weighted by Crippen LogP contribution is -2.07. The van der Waals surface area contributed by atoms with Gasteiger partial charge in [0, 0.05) is 11.1 Å². The summed E-state index contributed by atoms with van der Waals surface area (Å²) in [5.41, 5.74) is 1.49. The Morgan fingerprint density at radius 2 is 1.82 bits per heavy atom. The molecule has 5 rings (SSSR count). The predicted octanol–water partition coefficient (Wildman–Crippen LogP) is 5.58. The molecule has 0 bridgehead atoms. The summed E-state index contributed by atoms with van der Waals surface area (Å²) in [6.45, 7) is 0. The van der Waals surface area contributed by atoms with Gasteiger partial charge in [0.25, 0.3) is 5.89 Å². The van der Waals surface area contributed by atoms with Crippen LogP contribution in [0.15, 0.2) is 57.5 Å². The zero-order chi connectivity index (χ0) is 19.3. The van der Waals surface area contributed by atoms with Crippen molar-refractivity contribution in [3.05, 3.63) is 71.4 Å². The lowest BCUT2D eigenvalue weighted by molar-refractivity contribution is -0.136. The van der Waals surface area contributed by atoms with Crippen LogP contribution in [0.5, 0.6) is 0 Å². The summed E-state index contributed by atoms with van der Waals surface area (Å²) in [4.78, 5) is 4.29. The molecular formula is C21H12F3N2O2. The molecule has 28 heavy (non-hydrogen) atoms. The van der Waals surface area contributed by atoms with Gasteiger partial charge in [-0.2, -0.15) is 13.2 Å². The molecule has 0 saturated heterocycles. The van der Waals surface area contributed by atoms with Crippen LogP contribution in [0.25, 0.3) is 34.2 Å². The number of hydrogen-bond acceptors (Lipinski definition) is 4. The van der Waals surface area contributed by atoms with E-state index in [-0.39, 0.29) is 11.6 Å². The van der Waals surface area contributed by atoms with Gasteiger partial charge in [-0.1, -0.05) is 53.7 Å². The second-order valence-electron chi connectivity index (χ2n) is 6.48. The number of aromatic nitrogens is 2. The summed E-state index contributed by atoms with van der Waals surface area (Å²) in [6, 6.07) is 16.5. The smallest absolute Gasteiger partial charge is 0.422 e. The minimum Gasteiger partial charge on any atom is -0.433 e. The highest BCUT2D eigenvalue weighted by molar-refractivity contribution is 5.73. The summed E-state index contributed by atoms with van der Waals surface area (Å²) < 4.78 is 52.4. The van der Waals surface area contributed by atoms with Crippen molar-refractivity contribution in [1.82, 2.24) is 10.1 Å². The first-order valence-electron chi connectivity index (χ1n) is 8.64. The number of nitrogens with zero attached hydrogens (tertiary/aromatic N) is 2. The lowest BCUT2D eigenvalue weighted by Gasteiger charge is -2.12. The van der Waals surface area contributed by atoms with E-state index in [1.807, 2.05) is 12.1 Å². The highest BCUT2D eigenvalue weighted by Gasteiger charge is 2.43. The molecule has 2 aromatic heterocycles. The number of rotatable bonds is 2. The Labute approximate surface area is 157 Å². The van der Waals surface area contributed by atoms with Gasteiger partial charge in [0.15, 0.2) is 5.76 Å². The van der Waals surface area contributed by atoms with E-state index in [0.29, 0.717) is 23.4 Å². The molecule has 0 N–H and O–H groups in total. The Bertz CT molecular complexity index is 1160. The van der Waals surface area contributed by atoms with Crippen molar-refractivity contribution in [3.63, 3.8) is 0 Å². The van der Waals surface area contributed by atoms with Crippen molar-refractivity contribution in [3.8, 4) is 34.2 Å². The second kappa shape index (κ2) is 6.09. The van der Waals surface area contributed by atoms with Crippen molar-refractivity contribution in [2.75, 3.05) is 0 Å². The molecule has 0 atom stereocenters. The average Bonchev–Trinajstić information content (AvgIpc) is 3.33. The zero-order valence-corrected chi connectivity index (χ0v) is 14.4. The zero-order valence-electron chi connectivity index (χ0n) is 14.4. The molecule has 1 aliphatic rings. The van der Waals surface area contributed by atoms with Crippen LogP contribution in [-0.4, -0.2) is 10.1 Å². The Balaban J connectivity index is 1.68. The second-order valence-corrected chi connectivity index (χ2v) is 6.48. The first-order chi connectivity index (χ1) is 13.5. The summed E-state index contributed by atoms with van der Waals surface area (Å²) in [5, 5.41) is 3.68. The molecular weight excluding hydrogens is 369 g/mol. The number of halogens is 3. The summed E-state index contributed by atoms with van der Waals surface area (Å²) >= 11 is 0. The molecule has 0 spiro atoms. The third kappa shape index (κ3) is 2.62. The van der Waals surface area contributed by atoms with Crippen molar-refractivity contribution in [1.29, 1.82) is 0 Å². The van der Waals surface area contributed by atoms with Crippen LogP contribution in [0.3, 0.4) is 0 Å². The molecule has 2 aromatic carbocycles. The van der Waals surface area contributed by atoms with Crippen LogP contribution in [0.4, 0.5) is 13.2 Å². The molecule has 1 radical (unpaired) electrons. The van der Waals surface area contributed by atoms with Crippen molar-refractivity contribution in [2.45, 2.75) is 19.0 Å². The van der Waals surface area contributed by atoms with E-state index in [4.69, 9.17) is 8.94 Å². The van der Waals surface area contributed by atoms with E-state index in [2.05, 4.69) is 16.2 Å². The maximum Gasteiger partial charge on any atom is 0.422 e. The Hall–Kier alpha value is -3.35. The largest absolute Gasteiger partial charge is 0.433 e. The fourth-order valence-corrected chi connectivity index (χ4v) is 3.47. The third-order valence-corrected chi connectivity index (χ3v) is 4.74. The molecule has 2 heterocycles. The molecule has 139 valence electrons. The quantitative estimate of drug-likeness (QED) is 0.455. The van der Waals surface area contributed by atoms with Crippen molar-refractivity contribution in [2.24, 2.45) is 0 Å². The molecule has 0 saturated carbocycles. The highest BCUT2D eigenvalue weighted by Crippen LogP contribution is 2.44. The van der Waals surface area contributed by atoms with Crippen LogP contribution in [0.2, 0.25) is 0 Å². The van der Waals surface area contributed by atoms with E-state index in [0.717, 1.165) is 17.5 Å². The number of aryl methyl sites for hydroxylation is 2. The maximum absolute atomic E-state index is 13.9. The van der Waals surface area contributed by atoms with E-state index in [1.54, 1.807) is 36.4 Å². The van der Waals surface area contributed by atoms with Gasteiger partial charge in [-0.25, -0.2) is 4.98 Å². The van der Waals surface area contributed by atoms with E-state index in [1.165, 1.54) is 0 Å². The topological polar surface area (TPSA) is 52.1 Å². The van der Waals surface area contributed by atoms with E-state index in [9.17, 15) is 13.2 Å². The third-order valence-electron chi connectivity index (χ3n) is 4.74. The van der Waals surface area contributed by atoms with Gasteiger partial charge in [-0.05, 0) is 24.5 Å². The summed E-state index contributed by atoms with van der Waals surface area (Å²) in [5.74, 6) is -0.256. The Morgan fingerprint density at radius 3 is 2.61 bits per heavy atom. The maximum atomic E-state index is 13.9. The van der Waals surface area contributed by atoms with E-state index < -0.39 is 17.5 Å². The standard InChI is InChI=1S/C21H12F3N2O2/c22-21(23,24)16-17(13-7-2-1-3-8-13)26-28-19(16)20-25-15-11-10-12-6-4-5-9-14(12)18(15)27-20/h1-3,5-9H,10-11H2. The SMILES string of the molecule is FC(F)(F)c1c(-c2ccccc2)noc1-c1nc2c(o1)-c1cc[c]cc1CC2. The number of benzene rings is 2. The number of fused-ring (bicyclic) bond motifs is 3. The van der Waals surface area contributed by atoms with E-state index >= 15 is 0 Å². The Morgan fingerprint density at radius 1 is 1.00 bits per heavy atom. The fourth-order valence-electron chi connectivity index (χ4n) is 3.47. The van der Waals surface area contributed by atoms with Crippen LogP contribution in [0.1, 0.15) is 16.8 Å². The minimum atomic E-state index is -4.68. The van der Waals surface area contributed by atoms with Crippen LogP contribution in [0, 0.1) is 6.07 Å². The van der Waals surface area contributed by atoms with Gasteiger partial charge in [0.2, 0.25) is 5.76 Å². The van der Waals surface area contributed by atoms with Crippen molar-refractivity contribution >= 4 is 0 Å². The van der Waals surface area contributed by atoms with Crippen molar-refractivity contribution < 1.29 is 22.1 Å². The fraction of sp³-hybridized carbons (Fsp3) is 0.143. The van der Waals surface area contributed by atoms with Gasteiger partial charge in [0.05, 0.1) is 5.69 Å². The average molecular weight is 381 g/mol. The molecule has 4 nitrogen and oxygen atoms in total. The predicted molar refractivity (Wildman–Crippen MR) is 94.1 cm³/mol. The molecule has 0 fully saturated rings. The molecule has 1 aliphatic carbocycles.